The number of nitrogens with two attached hydrogens (primary N) is 1. The van der Waals surface area contributed by atoms with E-state index in [9.17, 15) is 5.26 Å². The molecule has 1 aromatic heterocycles. The lowest BCUT2D eigenvalue weighted by atomic mass is 9.97. The quantitative estimate of drug-likeness (QED) is 0.929. The summed E-state index contributed by atoms with van der Waals surface area (Å²) in [5, 5.41) is 9.85. The number of nitriles is 1. The first-order chi connectivity index (χ1) is 9.17. The highest BCUT2D eigenvalue weighted by Gasteiger charge is 2.22. The van der Waals surface area contributed by atoms with E-state index in [-0.39, 0.29) is 12.1 Å². The molecule has 2 rings (SSSR count). The van der Waals surface area contributed by atoms with Crippen molar-refractivity contribution >= 4 is 11.6 Å². The number of rotatable bonds is 4. The van der Waals surface area contributed by atoms with Gasteiger partial charge in [-0.3, -0.25) is 0 Å². The summed E-state index contributed by atoms with van der Waals surface area (Å²) >= 11 is 6.06. The number of hydrogen-bond donors (Lipinski definition) is 1. The van der Waals surface area contributed by atoms with Crippen LogP contribution in [0.4, 0.5) is 0 Å². The largest absolute Gasteiger partial charge is 0.330 e. The van der Waals surface area contributed by atoms with Crippen molar-refractivity contribution in [3.8, 4) is 6.07 Å². The molecular weight excluding hydrogens is 258 g/mol. The third-order valence-electron chi connectivity index (χ3n) is 3.26. The van der Waals surface area contributed by atoms with E-state index in [2.05, 4.69) is 6.07 Å². The van der Waals surface area contributed by atoms with Gasteiger partial charge in [0.05, 0.1) is 6.04 Å². The summed E-state index contributed by atoms with van der Waals surface area (Å²) in [6, 6.07) is 13.3. The molecule has 0 radical (unpaired) electrons. The lowest BCUT2D eigenvalue weighted by Gasteiger charge is -2.26. The van der Waals surface area contributed by atoms with Gasteiger partial charge in [-0.2, -0.15) is 5.26 Å². The van der Waals surface area contributed by atoms with E-state index in [1.165, 1.54) is 0 Å². The zero-order valence-corrected chi connectivity index (χ0v) is 11.5. The Labute approximate surface area is 118 Å². The van der Waals surface area contributed by atoms with E-state index in [0.717, 1.165) is 12.0 Å². The monoisotopic (exact) mass is 273 g/mol. The zero-order chi connectivity index (χ0) is 13.8. The molecule has 0 saturated heterocycles. The fraction of sp³-hybridized carbons (Fsp3) is 0.267. The number of halogens is 1. The Morgan fingerprint density at radius 1 is 1.37 bits per heavy atom. The highest BCUT2D eigenvalue weighted by atomic mass is 35.5. The molecule has 3 nitrogen and oxygen atoms in total. The Kier molecular flexibility index (Phi) is 4.26. The van der Waals surface area contributed by atoms with Crippen molar-refractivity contribution in [2.75, 3.05) is 0 Å². The molecule has 98 valence electrons. The van der Waals surface area contributed by atoms with Gasteiger partial charge < -0.3 is 10.3 Å². The Balaban J connectivity index is 2.51. The minimum atomic E-state index is -0.0756. The van der Waals surface area contributed by atoms with Gasteiger partial charge in [-0.15, -0.1) is 0 Å². The van der Waals surface area contributed by atoms with Gasteiger partial charge in [0, 0.05) is 17.3 Å². The topological polar surface area (TPSA) is 54.7 Å². The summed E-state index contributed by atoms with van der Waals surface area (Å²) in [7, 11) is 0. The summed E-state index contributed by atoms with van der Waals surface area (Å²) in [4.78, 5) is 0. The fourth-order valence-corrected chi connectivity index (χ4v) is 2.46. The smallest absolute Gasteiger partial charge is 0.120 e. The minimum absolute atomic E-state index is 0.0713. The van der Waals surface area contributed by atoms with Gasteiger partial charge in [-0.05, 0) is 36.2 Å². The van der Waals surface area contributed by atoms with Crippen molar-refractivity contribution < 1.29 is 0 Å². The van der Waals surface area contributed by atoms with E-state index < -0.39 is 0 Å². The second-order valence-electron chi connectivity index (χ2n) is 4.48. The molecule has 1 heterocycles. The third kappa shape index (κ3) is 2.81. The normalized spacial score (nSPS) is 13.8. The highest BCUT2D eigenvalue weighted by Crippen LogP contribution is 2.26. The van der Waals surface area contributed by atoms with Crippen LogP contribution in [-0.2, 0) is 0 Å². The molecule has 19 heavy (non-hydrogen) atoms. The molecule has 0 amide bonds. The molecule has 0 saturated carbocycles. The van der Waals surface area contributed by atoms with Crippen molar-refractivity contribution in [1.82, 2.24) is 4.57 Å². The van der Waals surface area contributed by atoms with Crippen molar-refractivity contribution in [3.05, 3.63) is 58.9 Å². The van der Waals surface area contributed by atoms with Crippen molar-refractivity contribution in [3.63, 3.8) is 0 Å². The summed E-state index contributed by atoms with van der Waals surface area (Å²) in [5.41, 5.74) is 7.87. The predicted octanol–water partition coefficient (Wildman–Crippen LogP) is 3.34. The Bertz CT molecular complexity index is 597. The van der Waals surface area contributed by atoms with Gasteiger partial charge in [0.2, 0.25) is 0 Å². The summed E-state index contributed by atoms with van der Waals surface area (Å²) in [6.07, 6.45) is 2.71. The van der Waals surface area contributed by atoms with E-state index in [0.29, 0.717) is 10.7 Å². The van der Waals surface area contributed by atoms with Gasteiger partial charge in [0.25, 0.3) is 0 Å². The van der Waals surface area contributed by atoms with Crippen LogP contribution in [0, 0.1) is 11.3 Å². The predicted molar refractivity (Wildman–Crippen MR) is 77.0 cm³/mol. The van der Waals surface area contributed by atoms with E-state index in [1.54, 1.807) is 6.07 Å². The van der Waals surface area contributed by atoms with Crippen LogP contribution in [0.5, 0.6) is 0 Å². The molecule has 0 fully saturated rings. The van der Waals surface area contributed by atoms with Gasteiger partial charge >= 0.3 is 0 Å². The third-order valence-corrected chi connectivity index (χ3v) is 3.50. The molecule has 0 aliphatic carbocycles. The maximum atomic E-state index is 9.17. The Morgan fingerprint density at radius 3 is 2.79 bits per heavy atom. The van der Waals surface area contributed by atoms with Crippen LogP contribution < -0.4 is 5.73 Å². The summed E-state index contributed by atoms with van der Waals surface area (Å²) in [6.45, 7) is 2.04. The van der Waals surface area contributed by atoms with Crippen LogP contribution >= 0.6 is 11.6 Å². The van der Waals surface area contributed by atoms with Crippen LogP contribution in [0.25, 0.3) is 0 Å². The summed E-state index contributed by atoms with van der Waals surface area (Å²) in [5.74, 6) is 0. The molecule has 2 aromatic rings. The molecule has 0 aliphatic heterocycles. The maximum absolute atomic E-state index is 9.17. The van der Waals surface area contributed by atoms with E-state index >= 15 is 0 Å². The van der Waals surface area contributed by atoms with Gasteiger partial charge in [-0.25, -0.2) is 0 Å². The second-order valence-corrected chi connectivity index (χ2v) is 4.92. The highest BCUT2D eigenvalue weighted by molar-refractivity contribution is 6.30. The molecule has 0 spiro atoms. The van der Waals surface area contributed by atoms with Crippen LogP contribution in [0.2, 0.25) is 5.02 Å². The standard InChI is InChI=1S/C15H16ClN3/c1-2-14(18)15(11-5-3-6-12(16)9-11)19-8-4-7-13(19)10-17/h3-9,14-15H,2,18H2,1H3. The molecule has 0 bridgehead atoms. The number of nitrogens with zero attached hydrogens (tertiary/aromatic N) is 2. The van der Waals surface area contributed by atoms with E-state index in [1.807, 2.05) is 48.0 Å². The first-order valence-electron chi connectivity index (χ1n) is 6.25. The van der Waals surface area contributed by atoms with Gasteiger partial charge in [0.1, 0.15) is 11.8 Å². The van der Waals surface area contributed by atoms with Gasteiger partial charge in [0.15, 0.2) is 0 Å². The SMILES string of the molecule is CCC(N)C(c1cccc(Cl)c1)n1cccc1C#N. The first kappa shape index (κ1) is 13.7. The number of aromatic nitrogens is 1. The molecule has 2 atom stereocenters. The van der Waals surface area contributed by atoms with Crippen LogP contribution in [0.3, 0.4) is 0 Å². The zero-order valence-electron chi connectivity index (χ0n) is 10.8. The Morgan fingerprint density at radius 2 is 2.16 bits per heavy atom. The fourth-order valence-electron chi connectivity index (χ4n) is 2.26. The van der Waals surface area contributed by atoms with E-state index in [4.69, 9.17) is 17.3 Å². The minimum Gasteiger partial charge on any atom is -0.330 e. The molecule has 1 aromatic carbocycles. The van der Waals surface area contributed by atoms with Gasteiger partial charge in [-0.1, -0.05) is 30.7 Å². The van der Waals surface area contributed by atoms with Crippen molar-refractivity contribution in [1.29, 1.82) is 5.26 Å². The van der Waals surface area contributed by atoms with Crippen molar-refractivity contribution in [2.45, 2.75) is 25.4 Å². The second kappa shape index (κ2) is 5.92. The summed E-state index contributed by atoms with van der Waals surface area (Å²) < 4.78 is 1.92. The average molecular weight is 274 g/mol. The maximum Gasteiger partial charge on any atom is 0.120 e. The Hall–Kier alpha value is -1.76. The van der Waals surface area contributed by atoms with Crippen LogP contribution in [0.15, 0.2) is 42.6 Å². The molecule has 0 aliphatic rings. The number of benzene rings is 1. The lowest BCUT2D eigenvalue weighted by Crippen LogP contribution is -2.32. The number of hydrogen-bond acceptors (Lipinski definition) is 2. The average Bonchev–Trinajstić information content (AvgIpc) is 2.87. The molecule has 2 unspecified atom stereocenters. The molecule has 2 N–H and O–H groups in total. The lowest BCUT2D eigenvalue weighted by molar-refractivity contribution is 0.457. The first-order valence-corrected chi connectivity index (χ1v) is 6.63. The van der Waals surface area contributed by atoms with Crippen molar-refractivity contribution in [2.24, 2.45) is 5.73 Å². The molecule has 4 heteroatoms. The van der Waals surface area contributed by atoms with Crippen LogP contribution in [0.1, 0.15) is 30.6 Å². The van der Waals surface area contributed by atoms with Crippen LogP contribution in [-0.4, -0.2) is 10.6 Å². The molecular formula is C15H16ClN3.